The van der Waals surface area contributed by atoms with Crippen LogP contribution in [0.4, 0.5) is 5.95 Å². The number of rotatable bonds is 4. The molecule has 0 radical (unpaired) electrons. The van der Waals surface area contributed by atoms with Crippen LogP contribution in [0.25, 0.3) is 0 Å². The summed E-state index contributed by atoms with van der Waals surface area (Å²) >= 11 is 0. The summed E-state index contributed by atoms with van der Waals surface area (Å²) in [6.45, 7) is 3.17. The standard InChI is InChI=1S/C19H28N4/c1-2-4-23(3-1)18-20-11-17(12-21-18)13-22-19-8-14-5-15(9-19)7-16(6-14)10-19/h11-12,14-16,22H,1-10,13H2. The molecule has 4 heteroatoms. The second kappa shape index (κ2) is 5.44. The van der Waals surface area contributed by atoms with Crippen LogP contribution in [0.1, 0.15) is 56.9 Å². The van der Waals surface area contributed by atoms with Crippen molar-refractivity contribution in [2.45, 2.75) is 63.5 Å². The first kappa shape index (κ1) is 14.2. The van der Waals surface area contributed by atoms with Crippen molar-refractivity contribution in [3.63, 3.8) is 0 Å². The Morgan fingerprint density at radius 1 is 0.957 bits per heavy atom. The maximum Gasteiger partial charge on any atom is 0.225 e. The molecule has 4 aliphatic carbocycles. The molecular weight excluding hydrogens is 284 g/mol. The van der Waals surface area contributed by atoms with Crippen molar-refractivity contribution in [1.82, 2.24) is 15.3 Å². The highest BCUT2D eigenvalue weighted by atomic mass is 15.3. The van der Waals surface area contributed by atoms with Gasteiger partial charge in [0, 0.05) is 43.1 Å². The second-order valence-electron chi connectivity index (χ2n) is 8.64. The van der Waals surface area contributed by atoms with E-state index in [9.17, 15) is 0 Å². The SMILES string of the molecule is c1nc(N2CCCC2)ncc1CNC12CC3CC(CC(C3)C1)C2. The quantitative estimate of drug-likeness (QED) is 0.927. The molecule has 124 valence electrons. The lowest BCUT2D eigenvalue weighted by Crippen LogP contribution is -2.58. The first-order chi connectivity index (χ1) is 11.3. The van der Waals surface area contributed by atoms with Crippen LogP contribution in [0, 0.1) is 17.8 Å². The molecule has 5 fully saturated rings. The number of nitrogens with one attached hydrogen (secondary N) is 1. The summed E-state index contributed by atoms with van der Waals surface area (Å²) in [5, 5.41) is 3.94. The molecule has 1 saturated heterocycles. The predicted molar refractivity (Wildman–Crippen MR) is 91.2 cm³/mol. The molecule has 6 rings (SSSR count). The Bertz CT molecular complexity index is 526. The van der Waals surface area contributed by atoms with Gasteiger partial charge in [0.2, 0.25) is 5.95 Å². The minimum absolute atomic E-state index is 0.433. The zero-order valence-corrected chi connectivity index (χ0v) is 14.0. The highest BCUT2D eigenvalue weighted by molar-refractivity contribution is 5.31. The molecule has 2 heterocycles. The Balaban J connectivity index is 1.24. The van der Waals surface area contributed by atoms with Crippen LogP contribution < -0.4 is 10.2 Å². The van der Waals surface area contributed by atoms with E-state index in [-0.39, 0.29) is 0 Å². The van der Waals surface area contributed by atoms with E-state index in [1.54, 1.807) is 0 Å². The number of hydrogen-bond acceptors (Lipinski definition) is 4. The van der Waals surface area contributed by atoms with E-state index in [1.165, 1.54) is 56.9 Å². The molecule has 4 bridgehead atoms. The summed E-state index contributed by atoms with van der Waals surface area (Å²) in [7, 11) is 0. The zero-order valence-electron chi connectivity index (χ0n) is 14.0. The van der Waals surface area contributed by atoms with Crippen LogP contribution in [0.15, 0.2) is 12.4 Å². The maximum absolute atomic E-state index is 4.60. The van der Waals surface area contributed by atoms with Crippen LogP contribution >= 0.6 is 0 Å². The third-order valence-electron chi connectivity index (χ3n) is 6.79. The van der Waals surface area contributed by atoms with Gasteiger partial charge < -0.3 is 10.2 Å². The van der Waals surface area contributed by atoms with E-state index in [0.717, 1.165) is 43.3 Å². The van der Waals surface area contributed by atoms with Gasteiger partial charge in [-0.05, 0) is 69.1 Å². The molecular formula is C19H28N4. The van der Waals surface area contributed by atoms with E-state index in [1.807, 2.05) is 12.4 Å². The van der Waals surface area contributed by atoms with Gasteiger partial charge in [0.15, 0.2) is 0 Å². The van der Waals surface area contributed by atoms with Crippen molar-refractivity contribution in [3.05, 3.63) is 18.0 Å². The molecule has 1 N–H and O–H groups in total. The van der Waals surface area contributed by atoms with Gasteiger partial charge in [0.1, 0.15) is 0 Å². The normalized spacial score (nSPS) is 38.4. The Morgan fingerprint density at radius 2 is 1.52 bits per heavy atom. The summed E-state index contributed by atoms with van der Waals surface area (Å²) in [5.41, 5.74) is 1.67. The Labute approximate surface area is 139 Å². The first-order valence-corrected chi connectivity index (χ1v) is 9.59. The number of anilines is 1. The summed E-state index contributed by atoms with van der Waals surface area (Å²) in [6.07, 6.45) is 15.4. The Hall–Kier alpha value is -1.16. The molecule has 0 spiro atoms. The molecule has 4 nitrogen and oxygen atoms in total. The van der Waals surface area contributed by atoms with Crippen molar-refractivity contribution < 1.29 is 0 Å². The molecule has 0 amide bonds. The van der Waals surface area contributed by atoms with E-state index in [2.05, 4.69) is 20.2 Å². The monoisotopic (exact) mass is 312 g/mol. The summed E-state index contributed by atoms with van der Waals surface area (Å²) in [4.78, 5) is 11.5. The Morgan fingerprint density at radius 3 is 2.09 bits per heavy atom. The van der Waals surface area contributed by atoms with Gasteiger partial charge in [-0.15, -0.1) is 0 Å². The van der Waals surface area contributed by atoms with Crippen LogP contribution in [0.5, 0.6) is 0 Å². The maximum atomic E-state index is 4.60. The van der Waals surface area contributed by atoms with Crippen molar-refractivity contribution in [2.75, 3.05) is 18.0 Å². The van der Waals surface area contributed by atoms with Crippen molar-refractivity contribution in [1.29, 1.82) is 0 Å². The van der Waals surface area contributed by atoms with E-state index >= 15 is 0 Å². The molecule has 23 heavy (non-hydrogen) atoms. The fraction of sp³-hybridized carbons (Fsp3) is 0.789. The average molecular weight is 312 g/mol. The Kier molecular flexibility index (Phi) is 3.36. The van der Waals surface area contributed by atoms with Gasteiger partial charge in [-0.3, -0.25) is 0 Å². The fourth-order valence-electron chi connectivity index (χ4n) is 6.14. The molecule has 1 aliphatic heterocycles. The van der Waals surface area contributed by atoms with Gasteiger partial charge in [-0.25, -0.2) is 9.97 Å². The van der Waals surface area contributed by atoms with E-state index < -0.39 is 0 Å². The first-order valence-electron chi connectivity index (χ1n) is 9.59. The lowest BCUT2D eigenvalue weighted by molar-refractivity contribution is -0.0206. The highest BCUT2D eigenvalue weighted by Gasteiger charge is 2.50. The third-order valence-corrected chi connectivity index (χ3v) is 6.79. The number of nitrogens with zero attached hydrogens (tertiary/aromatic N) is 3. The van der Waals surface area contributed by atoms with Crippen molar-refractivity contribution >= 4 is 5.95 Å². The van der Waals surface area contributed by atoms with Crippen LogP contribution in [-0.2, 0) is 6.54 Å². The summed E-state index contributed by atoms with van der Waals surface area (Å²) in [6, 6.07) is 0. The van der Waals surface area contributed by atoms with E-state index in [0.29, 0.717) is 5.54 Å². The lowest BCUT2D eigenvalue weighted by atomic mass is 9.53. The minimum Gasteiger partial charge on any atom is -0.341 e. The van der Waals surface area contributed by atoms with Gasteiger partial charge >= 0.3 is 0 Å². The van der Waals surface area contributed by atoms with Crippen LogP contribution in [0.2, 0.25) is 0 Å². The topological polar surface area (TPSA) is 41.1 Å². The van der Waals surface area contributed by atoms with Crippen LogP contribution in [-0.4, -0.2) is 28.6 Å². The summed E-state index contributed by atoms with van der Waals surface area (Å²) in [5.74, 6) is 3.92. The highest BCUT2D eigenvalue weighted by Crippen LogP contribution is 2.55. The van der Waals surface area contributed by atoms with Gasteiger partial charge in [0.25, 0.3) is 0 Å². The minimum atomic E-state index is 0.433. The third kappa shape index (κ3) is 2.65. The van der Waals surface area contributed by atoms with Crippen molar-refractivity contribution in [3.8, 4) is 0 Å². The second-order valence-corrected chi connectivity index (χ2v) is 8.64. The predicted octanol–water partition coefficient (Wildman–Crippen LogP) is 3.14. The molecule has 4 saturated carbocycles. The fourth-order valence-corrected chi connectivity index (χ4v) is 6.14. The smallest absolute Gasteiger partial charge is 0.225 e. The molecule has 0 atom stereocenters. The van der Waals surface area contributed by atoms with Gasteiger partial charge in [0.05, 0.1) is 0 Å². The molecule has 1 aromatic heterocycles. The van der Waals surface area contributed by atoms with Crippen molar-refractivity contribution in [2.24, 2.45) is 17.8 Å². The molecule has 0 unspecified atom stereocenters. The number of aromatic nitrogens is 2. The number of hydrogen-bond donors (Lipinski definition) is 1. The van der Waals surface area contributed by atoms with Gasteiger partial charge in [-0.1, -0.05) is 0 Å². The molecule has 5 aliphatic rings. The zero-order chi connectivity index (χ0) is 15.3. The molecule has 1 aromatic rings. The largest absolute Gasteiger partial charge is 0.341 e. The van der Waals surface area contributed by atoms with Gasteiger partial charge in [-0.2, -0.15) is 0 Å². The average Bonchev–Trinajstić information content (AvgIpc) is 3.07. The van der Waals surface area contributed by atoms with Crippen LogP contribution in [0.3, 0.4) is 0 Å². The molecule has 0 aromatic carbocycles. The lowest BCUT2D eigenvalue weighted by Gasteiger charge is -2.57. The summed E-state index contributed by atoms with van der Waals surface area (Å²) < 4.78 is 0. The van der Waals surface area contributed by atoms with E-state index in [4.69, 9.17) is 0 Å².